The monoisotopic (exact) mass is 454 g/mol. The van der Waals surface area contributed by atoms with Crippen LogP contribution in [0.3, 0.4) is 0 Å². The van der Waals surface area contributed by atoms with Gasteiger partial charge in [0.25, 0.3) is 10.1 Å². The van der Waals surface area contributed by atoms with Crippen molar-refractivity contribution in [1.29, 1.82) is 0 Å². The molecule has 2 heterocycles. The Kier molecular flexibility index (Phi) is 8.09. The lowest BCUT2D eigenvalue weighted by molar-refractivity contribution is -0.136. The second-order valence-corrected chi connectivity index (χ2v) is 8.41. The first-order valence-electron chi connectivity index (χ1n) is 9.15. The zero-order chi connectivity index (χ0) is 22.3. The summed E-state index contributed by atoms with van der Waals surface area (Å²) in [6.45, 7) is 4.32. The molecule has 0 spiro atoms. The molecule has 0 amide bonds. The van der Waals surface area contributed by atoms with Gasteiger partial charge in [-0.2, -0.15) is 8.42 Å². The molecule has 3 aromatic rings. The number of fused-ring (bicyclic) bond motifs is 1. The van der Waals surface area contributed by atoms with Gasteiger partial charge >= 0.3 is 11.6 Å². The molecule has 0 aliphatic heterocycles. The SMILES string of the molecule is CC.O=C(O)Cc1csc(-c2cc3ccc(NCCCS(=O)(=O)O)cc3oc2=O)n1. The van der Waals surface area contributed by atoms with Gasteiger partial charge in [-0.25, -0.2) is 9.78 Å². The number of benzene rings is 1. The van der Waals surface area contributed by atoms with Crippen molar-refractivity contribution >= 4 is 44.1 Å². The van der Waals surface area contributed by atoms with Crippen LogP contribution < -0.4 is 10.9 Å². The highest BCUT2D eigenvalue weighted by Crippen LogP contribution is 2.26. The molecular weight excluding hydrogens is 432 g/mol. The third-order valence-corrected chi connectivity index (χ3v) is 5.49. The maximum atomic E-state index is 12.3. The first-order chi connectivity index (χ1) is 14.2. The van der Waals surface area contributed by atoms with Crippen LogP contribution in [0, 0.1) is 0 Å². The van der Waals surface area contributed by atoms with Crippen LogP contribution in [0.2, 0.25) is 0 Å². The van der Waals surface area contributed by atoms with Gasteiger partial charge in [0, 0.05) is 29.1 Å². The molecule has 0 aliphatic carbocycles. The van der Waals surface area contributed by atoms with E-state index in [1.54, 1.807) is 29.6 Å². The highest BCUT2D eigenvalue weighted by Gasteiger charge is 2.13. The number of aliphatic carboxylic acids is 1. The number of carboxylic acids is 1. The second kappa shape index (κ2) is 10.3. The van der Waals surface area contributed by atoms with Crippen molar-refractivity contribution in [3.63, 3.8) is 0 Å². The third-order valence-electron chi connectivity index (χ3n) is 3.76. The lowest BCUT2D eigenvalue weighted by Gasteiger charge is -2.07. The molecule has 0 atom stereocenters. The number of thiazole rings is 1. The van der Waals surface area contributed by atoms with E-state index in [1.807, 2.05) is 13.8 Å². The van der Waals surface area contributed by atoms with E-state index < -0.39 is 21.7 Å². The van der Waals surface area contributed by atoms with Crippen molar-refractivity contribution in [2.45, 2.75) is 26.7 Å². The maximum absolute atomic E-state index is 12.3. The third kappa shape index (κ3) is 6.65. The first kappa shape index (κ1) is 23.5. The molecule has 0 fully saturated rings. The summed E-state index contributed by atoms with van der Waals surface area (Å²) in [5, 5.41) is 14.5. The molecule has 0 saturated heterocycles. The number of hydrogen-bond donors (Lipinski definition) is 3. The molecule has 9 nitrogen and oxygen atoms in total. The lowest BCUT2D eigenvalue weighted by atomic mass is 10.1. The largest absolute Gasteiger partial charge is 0.481 e. The van der Waals surface area contributed by atoms with E-state index >= 15 is 0 Å². The molecule has 3 rings (SSSR count). The Hall–Kier alpha value is -2.76. The van der Waals surface area contributed by atoms with Crippen molar-refractivity contribution in [1.82, 2.24) is 4.98 Å². The average molecular weight is 455 g/mol. The summed E-state index contributed by atoms with van der Waals surface area (Å²) in [6, 6.07) is 6.73. The Morgan fingerprint density at radius 1 is 1.27 bits per heavy atom. The van der Waals surface area contributed by atoms with E-state index in [0.29, 0.717) is 33.9 Å². The number of rotatable bonds is 8. The van der Waals surface area contributed by atoms with Gasteiger partial charge in [-0.3, -0.25) is 9.35 Å². The number of nitrogens with one attached hydrogen (secondary N) is 1. The molecule has 162 valence electrons. The van der Waals surface area contributed by atoms with Crippen LogP contribution in [0.25, 0.3) is 21.5 Å². The minimum atomic E-state index is -3.99. The Labute approximate surface area is 177 Å². The van der Waals surface area contributed by atoms with E-state index in [9.17, 15) is 18.0 Å². The number of hydrogen-bond acceptors (Lipinski definition) is 8. The van der Waals surface area contributed by atoms with E-state index in [0.717, 1.165) is 0 Å². The van der Waals surface area contributed by atoms with Gasteiger partial charge in [0.2, 0.25) is 0 Å². The zero-order valence-electron chi connectivity index (χ0n) is 16.4. The Bertz CT molecular complexity index is 1180. The summed E-state index contributed by atoms with van der Waals surface area (Å²) >= 11 is 1.17. The number of anilines is 1. The molecule has 11 heteroatoms. The van der Waals surface area contributed by atoms with Crippen LogP contribution in [-0.2, 0) is 21.3 Å². The van der Waals surface area contributed by atoms with Crippen molar-refractivity contribution in [2.75, 3.05) is 17.6 Å². The average Bonchev–Trinajstić information content (AvgIpc) is 3.13. The Morgan fingerprint density at radius 2 is 2.00 bits per heavy atom. The van der Waals surface area contributed by atoms with Crippen LogP contribution in [0.5, 0.6) is 0 Å². The standard InChI is InChI=1S/C17H16N2O7S2.C2H6/c20-15(21)8-12-9-27-16(19-12)13-6-10-2-3-11(7-14(10)26-17(13)22)18-4-1-5-28(23,24)25;1-2/h2-3,6-7,9,18H,1,4-5,8H2,(H,20,21)(H,23,24,25);1-2H3. The molecule has 2 aromatic heterocycles. The number of carbonyl (C=O) groups is 1. The molecule has 0 radical (unpaired) electrons. The fourth-order valence-corrected chi connectivity index (χ4v) is 3.86. The van der Waals surface area contributed by atoms with Gasteiger partial charge in [-0.1, -0.05) is 13.8 Å². The highest BCUT2D eigenvalue weighted by molar-refractivity contribution is 7.85. The molecule has 3 N–H and O–H groups in total. The molecule has 0 saturated carbocycles. The summed E-state index contributed by atoms with van der Waals surface area (Å²) in [5.74, 6) is -1.34. The van der Waals surface area contributed by atoms with E-state index in [2.05, 4.69) is 10.3 Å². The fraction of sp³-hybridized carbons (Fsp3) is 0.316. The van der Waals surface area contributed by atoms with Crippen molar-refractivity contribution in [3.8, 4) is 10.6 Å². The van der Waals surface area contributed by atoms with Crippen LogP contribution in [0.15, 0.2) is 38.9 Å². The van der Waals surface area contributed by atoms with Gasteiger partial charge in [0.05, 0.1) is 23.4 Å². The molecule has 0 bridgehead atoms. The molecular formula is C19H22N2O7S2. The van der Waals surface area contributed by atoms with Crippen LogP contribution in [-0.4, -0.2) is 41.3 Å². The molecule has 0 aliphatic rings. The summed E-state index contributed by atoms with van der Waals surface area (Å²) in [4.78, 5) is 27.3. The molecule has 30 heavy (non-hydrogen) atoms. The zero-order valence-corrected chi connectivity index (χ0v) is 18.0. The summed E-state index contributed by atoms with van der Waals surface area (Å²) in [7, 11) is -3.99. The van der Waals surface area contributed by atoms with Gasteiger partial charge in [-0.05, 0) is 24.6 Å². The van der Waals surface area contributed by atoms with Crippen molar-refractivity contribution < 1.29 is 27.3 Å². The number of aromatic nitrogens is 1. The van der Waals surface area contributed by atoms with E-state index in [1.165, 1.54) is 11.3 Å². The summed E-state index contributed by atoms with van der Waals surface area (Å²) in [6.07, 6.45) is 0.00447. The Morgan fingerprint density at radius 3 is 2.67 bits per heavy atom. The van der Waals surface area contributed by atoms with Crippen molar-refractivity contribution in [2.24, 2.45) is 0 Å². The quantitative estimate of drug-likeness (QED) is 0.265. The van der Waals surface area contributed by atoms with Crippen LogP contribution >= 0.6 is 11.3 Å². The minimum absolute atomic E-state index is 0.220. The summed E-state index contributed by atoms with van der Waals surface area (Å²) in [5.41, 5.74) is 1.01. The number of nitrogens with zero attached hydrogens (tertiary/aromatic N) is 1. The summed E-state index contributed by atoms with van der Waals surface area (Å²) < 4.78 is 35.5. The number of carboxylic acid groups (broad SMARTS) is 1. The van der Waals surface area contributed by atoms with Crippen LogP contribution in [0.1, 0.15) is 26.0 Å². The highest BCUT2D eigenvalue weighted by atomic mass is 32.2. The lowest BCUT2D eigenvalue weighted by Crippen LogP contribution is -2.10. The molecule has 1 aromatic carbocycles. The Balaban J connectivity index is 0.00000155. The van der Waals surface area contributed by atoms with E-state index in [-0.39, 0.29) is 24.2 Å². The minimum Gasteiger partial charge on any atom is -0.481 e. The van der Waals surface area contributed by atoms with Gasteiger partial charge in [0.15, 0.2) is 0 Å². The molecule has 0 unspecified atom stereocenters. The predicted octanol–water partition coefficient (Wildman–Crippen LogP) is 3.26. The van der Waals surface area contributed by atoms with Crippen LogP contribution in [0.4, 0.5) is 5.69 Å². The maximum Gasteiger partial charge on any atom is 0.346 e. The first-order valence-corrected chi connectivity index (χ1v) is 11.6. The van der Waals surface area contributed by atoms with Gasteiger partial charge in [-0.15, -0.1) is 11.3 Å². The van der Waals surface area contributed by atoms with E-state index in [4.69, 9.17) is 14.1 Å². The fourth-order valence-electron chi connectivity index (χ4n) is 2.52. The normalized spacial score (nSPS) is 11.0. The van der Waals surface area contributed by atoms with Gasteiger partial charge in [0.1, 0.15) is 10.6 Å². The van der Waals surface area contributed by atoms with Gasteiger partial charge < -0.3 is 14.8 Å². The second-order valence-electron chi connectivity index (χ2n) is 5.98. The topological polar surface area (TPSA) is 147 Å². The predicted molar refractivity (Wildman–Crippen MR) is 116 cm³/mol. The smallest absolute Gasteiger partial charge is 0.346 e. The van der Waals surface area contributed by atoms with Crippen molar-refractivity contribution in [3.05, 3.63) is 45.8 Å².